The van der Waals surface area contributed by atoms with Crippen LogP contribution in [0.1, 0.15) is 45.9 Å². The first-order valence-corrected chi connectivity index (χ1v) is 10.6. The predicted molar refractivity (Wildman–Crippen MR) is 118 cm³/mol. The molecular formula is C24H28N4O3. The number of aromatic nitrogens is 2. The molecule has 0 atom stereocenters. The van der Waals surface area contributed by atoms with E-state index in [1.54, 1.807) is 13.0 Å². The standard InChI is InChI=1S/C24H28N4O3/c1-15-6-5-7-20(12-15)28-16(2)13-21(18(28)4)24(30)27-10-8-19(9-11-27)23(29)25-22-14-17(3)31-26-22/h5-7,12-14,19H,8-11H2,1-4H3,(H,25,26,29). The van der Waals surface area contributed by atoms with Gasteiger partial charge in [-0.05, 0) is 64.3 Å². The molecule has 1 saturated heterocycles. The van der Waals surface area contributed by atoms with Crippen LogP contribution in [0.5, 0.6) is 0 Å². The molecule has 31 heavy (non-hydrogen) atoms. The summed E-state index contributed by atoms with van der Waals surface area (Å²) < 4.78 is 7.12. The number of carbonyl (C=O) groups excluding carboxylic acids is 2. The van der Waals surface area contributed by atoms with Gasteiger partial charge in [0.1, 0.15) is 5.76 Å². The minimum Gasteiger partial charge on any atom is -0.360 e. The molecule has 162 valence electrons. The third-order valence-electron chi connectivity index (χ3n) is 5.95. The van der Waals surface area contributed by atoms with Crippen LogP contribution < -0.4 is 5.32 Å². The lowest BCUT2D eigenvalue weighted by Gasteiger charge is -2.31. The van der Waals surface area contributed by atoms with Gasteiger partial charge in [0, 0.05) is 42.1 Å². The third kappa shape index (κ3) is 4.26. The van der Waals surface area contributed by atoms with Gasteiger partial charge in [-0.25, -0.2) is 0 Å². The number of nitrogens with zero attached hydrogens (tertiary/aromatic N) is 3. The van der Waals surface area contributed by atoms with E-state index in [0.717, 1.165) is 22.6 Å². The highest BCUT2D eigenvalue weighted by molar-refractivity contribution is 5.96. The Bertz CT molecular complexity index is 1120. The average molecular weight is 421 g/mol. The molecule has 1 aromatic carbocycles. The van der Waals surface area contributed by atoms with Crippen LogP contribution in [-0.4, -0.2) is 39.5 Å². The predicted octanol–water partition coefficient (Wildman–Crippen LogP) is 4.19. The quantitative estimate of drug-likeness (QED) is 0.686. The van der Waals surface area contributed by atoms with Crippen molar-refractivity contribution in [2.24, 2.45) is 5.92 Å². The molecule has 7 heteroatoms. The van der Waals surface area contributed by atoms with Crippen molar-refractivity contribution in [2.75, 3.05) is 18.4 Å². The second kappa shape index (κ2) is 8.41. The van der Waals surface area contributed by atoms with Crippen molar-refractivity contribution in [3.05, 3.63) is 64.7 Å². The van der Waals surface area contributed by atoms with Crippen LogP contribution >= 0.6 is 0 Å². The maximum absolute atomic E-state index is 13.2. The monoisotopic (exact) mass is 420 g/mol. The fourth-order valence-electron chi connectivity index (χ4n) is 4.31. The lowest BCUT2D eigenvalue weighted by Crippen LogP contribution is -2.41. The molecule has 0 unspecified atom stereocenters. The first-order valence-electron chi connectivity index (χ1n) is 10.6. The van der Waals surface area contributed by atoms with Crippen LogP contribution in [0.2, 0.25) is 0 Å². The van der Waals surface area contributed by atoms with Crippen molar-refractivity contribution in [2.45, 2.75) is 40.5 Å². The lowest BCUT2D eigenvalue weighted by molar-refractivity contribution is -0.121. The van der Waals surface area contributed by atoms with Crippen LogP contribution in [0.3, 0.4) is 0 Å². The number of hydrogen-bond acceptors (Lipinski definition) is 4. The molecule has 0 aliphatic carbocycles. The number of amides is 2. The van der Waals surface area contributed by atoms with Gasteiger partial charge in [-0.15, -0.1) is 0 Å². The molecule has 2 aromatic heterocycles. The zero-order valence-electron chi connectivity index (χ0n) is 18.4. The number of carbonyl (C=O) groups is 2. The molecule has 0 bridgehead atoms. The topological polar surface area (TPSA) is 80.4 Å². The van der Waals surface area contributed by atoms with Crippen molar-refractivity contribution >= 4 is 17.6 Å². The van der Waals surface area contributed by atoms with Crippen molar-refractivity contribution in [3.63, 3.8) is 0 Å². The highest BCUT2D eigenvalue weighted by atomic mass is 16.5. The molecular weight excluding hydrogens is 392 g/mol. The molecule has 0 spiro atoms. The summed E-state index contributed by atoms with van der Waals surface area (Å²) in [5, 5.41) is 6.61. The Morgan fingerprint density at radius 3 is 2.45 bits per heavy atom. The van der Waals surface area contributed by atoms with E-state index >= 15 is 0 Å². The molecule has 3 aromatic rings. The van der Waals surface area contributed by atoms with Gasteiger partial charge >= 0.3 is 0 Å². The van der Waals surface area contributed by atoms with E-state index in [1.165, 1.54) is 5.56 Å². The summed E-state index contributed by atoms with van der Waals surface area (Å²) in [4.78, 5) is 27.6. The Labute approximate surface area is 182 Å². The van der Waals surface area contributed by atoms with Crippen LogP contribution in [-0.2, 0) is 4.79 Å². The van der Waals surface area contributed by atoms with E-state index < -0.39 is 0 Å². The second-order valence-corrected chi connectivity index (χ2v) is 8.34. The first kappa shape index (κ1) is 20.9. The van der Waals surface area contributed by atoms with Gasteiger partial charge in [-0.1, -0.05) is 17.3 Å². The highest BCUT2D eigenvalue weighted by Gasteiger charge is 2.30. The van der Waals surface area contributed by atoms with Gasteiger partial charge in [0.2, 0.25) is 5.91 Å². The number of likely N-dealkylation sites (tertiary alicyclic amines) is 1. The van der Waals surface area contributed by atoms with Gasteiger partial charge in [-0.3, -0.25) is 9.59 Å². The van der Waals surface area contributed by atoms with E-state index in [1.807, 2.05) is 30.9 Å². The average Bonchev–Trinajstić information content (AvgIpc) is 3.29. The van der Waals surface area contributed by atoms with Gasteiger partial charge in [0.25, 0.3) is 5.91 Å². The third-order valence-corrected chi connectivity index (χ3v) is 5.95. The van der Waals surface area contributed by atoms with Crippen LogP contribution in [0.15, 0.2) is 40.9 Å². The summed E-state index contributed by atoms with van der Waals surface area (Å²) in [5.74, 6) is 0.903. The normalized spacial score (nSPS) is 14.6. The highest BCUT2D eigenvalue weighted by Crippen LogP contribution is 2.25. The first-order chi connectivity index (χ1) is 14.8. The molecule has 1 fully saturated rings. The minimum atomic E-state index is -0.138. The van der Waals surface area contributed by atoms with Crippen LogP contribution in [0, 0.1) is 33.6 Å². The van der Waals surface area contributed by atoms with Crippen molar-refractivity contribution < 1.29 is 14.1 Å². The van der Waals surface area contributed by atoms with Crippen LogP contribution in [0.25, 0.3) is 5.69 Å². The number of rotatable bonds is 4. The van der Waals surface area contributed by atoms with Gasteiger partial charge in [0.15, 0.2) is 5.82 Å². The largest absolute Gasteiger partial charge is 0.360 e. The molecule has 0 radical (unpaired) electrons. The second-order valence-electron chi connectivity index (χ2n) is 8.34. The summed E-state index contributed by atoms with van der Waals surface area (Å²) in [6.07, 6.45) is 1.26. The molecule has 4 rings (SSSR count). The summed E-state index contributed by atoms with van der Waals surface area (Å²) in [5.41, 5.74) is 4.93. The summed E-state index contributed by atoms with van der Waals surface area (Å²) >= 11 is 0. The zero-order valence-corrected chi connectivity index (χ0v) is 18.4. The number of aryl methyl sites for hydroxylation is 3. The maximum Gasteiger partial charge on any atom is 0.255 e. The Balaban J connectivity index is 1.43. The lowest BCUT2D eigenvalue weighted by atomic mass is 9.95. The Kier molecular flexibility index (Phi) is 5.67. The Hall–Kier alpha value is -3.35. The van der Waals surface area contributed by atoms with E-state index in [0.29, 0.717) is 37.5 Å². The molecule has 1 N–H and O–H groups in total. The number of hydrogen-bond donors (Lipinski definition) is 1. The van der Waals surface area contributed by atoms with Crippen molar-refractivity contribution in [3.8, 4) is 5.69 Å². The number of anilines is 1. The number of piperidine rings is 1. The van der Waals surface area contributed by atoms with E-state index in [4.69, 9.17) is 4.52 Å². The molecule has 7 nitrogen and oxygen atoms in total. The number of nitrogens with one attached hydrogen (secondary N) is 1. The van der Waals surface area contributed by atoms with Gasteiger partial charge in [0.05, 0.1) is 5.56 Å². The molecule has 1 aliphatic heterocycles. The molecule has 0 saturated carbocycles. The smallest absolute Gasteiger partial charge is 0.255 e. The van der Waals surface area contributed by atoms with Crippen molar-refractivity contribution in [1.29, 1.82) is 0 Å². The fraction of sp³-hybridized carbons (Fsp3) is 0.375. The summed E-state index contributed by atoms with van der Waals surface area (Å²) in [6.45, 7) is 8.97. The number of benzene rings is 1. The Morgan fingerprint density at radius 2 is 1.81 bits per heavy atom. The van der Waals surface area contributed by atoms with Crippen molar-refractivity contribution in [1.82, 2.24) is 14.6 Å². The van der Waals surface area contributed by atoms with Gasteiger partial charge < -0.3 is 19.3 Å². The maximum atomic E-state index is 13.2. The minimum absolute atomic E-state index is 0.0259. The van der Waals surface area contributed by atoms with E-state index in [-0.39, 0.29) is 17.7 Å². The SMILES string of the molecule is Cc1cccc(-n2c(C)cc(C(=O)N3CCC(C(=O)Nc4cc(C)on4)CC3)c2C)c1. The zero-order chi connectivity index (χ0) is 22.1. The fourth-order valence-corrected chi connectivity index (χ4v) is 4.31. The Morgan fingerprint density at radius 1 is 1.06 bits per heavy atom. The van der Waals surface area contributed by atoms with E-state index in [9.17, 15) is 9.59 Å². The molecule has 2 amide bonds. The summed E-state index contributed by atoms with van der Waals surface area (Å²) in [6, 6.07) is 11.9. The molecule has 1 aliphatic rings. The van der Waals surface area contributed by atoms with E-state index in [2.05, 4.69) is 40.2 Å². The molecule has 3 heterocycles. The van der Waals surface area contributed by atoms with Crippen LogP contribution in [0.4, 0.5) is 5.82 Å². The van der Waals surface area contributed by atoms with Gasteiger partial charge in [-0.2, -0.15) is 0 Å². The summed E-state index contributed by atoms with van der Waals surface area (Å²) in [7, 11) is 0.